The summed E-state index contributed by atoms with van der Waals surface area (Å²) >= 11 is 0. The molecule has 15 heteroatoms. The number of nitriles is 1. The molecule has 1 amide bonds. The molecule has 0 aliphatic carbocycles. The van der Waals surface area contributed by atoms with Gasteiger partial charge in [0.15, 0.2) is 11.8 Å². The number of alkyl halides is 3. The molecule has 202 valence electrons. The van der Waals surface area contributed by atoms with Crippen molar-refractivity contribution in [1.29, 1.82) is 5.26 Å². The predicted molar refractivity (Wildman–Crippen MR) is 133 cm³/mol. The van der Waals surface area contributed by atoms with Crippen LogP contribution in [0.3, 0.4) is 0 Å². The quantitative estimate of drug-likeness (QED) is 0.317. The van der Waals surface area contributed by atoms with Crippen LogP contribution >= 0.6 is 0 Å². The highest BCUT2D eigenvalue weighted by Crippen LogP contribution is 2.30. The molecule has 0 radical (unpaired) electrons. The number of anilines is 2. The fourth-order valence-corrected chi connectivity index (χ4v) is 4.45. The van der Waals surface area contributed by atoms with Gasteiger partial charge in [0.25, 0.3) is 5.91 Å². The van der Waals surface area contributed by atoms with Crippen LogP contribution in [0.1, 0.15) is 22.8 Å². The molecule has 0 aromatic carbocycles. The van der Waals surface area contributed by atoms with Gasteiger partial charge in [-0.15, -0.1) is 0 Å². The zero-order chi connectivity index (χ0) is 27.9. The molecule has 0 bridgehead atoms. The first-order valence-corrected chi connectivity index (χ1v) is 11.9. The van der Waals surface area contributed by atoms with E-state index >= 15 is 0 Å². The number of imidazole rings is 1. The number of nitrogens with zero attached hydrogens (tertiary/aromatic N) is 8. The van der Waals surface area contributed by atoms with Crippen LogP contribution in [0.25, 0.3) is 16.9 Å². The Kier molecular flexibility index (Phi) is 6.56. The molecule has 3 atom stereocenters. The van der Waals surface area contributed by atoms with Gasteiger partial charge in [0, 0.05) is 37.1 Å². The van der Waals surface area contributed by atoms with Crippen molar-refractivity contribution >= 4 is 23.1 Å². The Hall–Kier alpha value is -4.71. The summed E-state index contributed by atoms with van der Waals surface area (Å²) in [6, 6.07) is 5.40. The number of amides is 1. The van der Waals surface area contributed by atoms with Crippen molar-refractivity contribution in [2.24, 2.45) is 11.7 Å². The number of primary amides is 1. The minimum absolute atomic E-state index is 0.126. The molecule has 39 heavy (non-hydrogen) atoms. The van der Waals surface area contributed by atoms with Crippen molar-refractivity contribution in [3.05, 3.63) is 54.2 Å². The van der Waals surface area contributed by atoms with E-state index in [0.717, 1.165) is 10.5 Å². The summed E-state index contributed by atoms with van der Waals surface area (Å²) in [5.41, 5.74) is 7.64. The lowest BCUT2D eigenvalue weighted by Gasteiger charge is -2.20. The third-order valence-electron chi connectivity index (χ3n) is 6.57. The first-order valence-electron chi connectivity index (χ1n) is 11.9. The molecule has 5 rings (SSSR count). The fraction of sp³-hybridized carbons (Fsp3) is 0.333. The lowest BCUT2D eigenvalue weighted by atomic mass is 10.1. The molecule has 4 N–H and O–H groups in total. The van der Waals surface area contributed by atoms with Crippen LogP contribution in [0.5, 0.6) is 0 Å². The number of nitrogens with one attached hydrogen (secondary N) is 1. The highest BCUT2D eigenvalue weighted by Gasteiger charge is 2.38. The van der Waals surface area contributed by atoms with E-state index in [9.17, 15) is 23.1 Å². The highest BCUT2D eigenvalue weighted by molar-refractivity contribution is 6.01. The van der Waals surface area contributed by atoms with Crippen LogP contribution in [0, 0.1) is 17.2 Å². The van der Waals surface area contributed by atoms with E-state index < -0.39 is 24.7 Å². The van der Waals surface area contributed by atoms with Crippen LogP contribution in [0.15, 0.2) is 43.1 Å². The van der Waals surface area contributed by atoms with Crippen LogP contribution < -0.4 is 16.0 Å². The lowest BCUT2D eigenvalue weighted by molar-refractivity contribution is -0.208. The highest BCUT2D eigenvalue weighted by atomic mass is 19.4. The third kappa shape index (κ3) is 5.18. The number of hydrogen-bond acceptors (Lipinski definition) is 9. The van der Waals surface area contributed by atoms with E-state index in [4.69, 9.17) is 11.0 Å². The standard InChI is InChI=1S/C24H23F3N10O2/c1-13-8-35(20-3-2-14(4-28)5-30-20)10-17(13)33-21-16(22(29)39)7-32-37-11-18(34-23(21)37)15-6-31-36(9-15)12-19(38)24(25,26)27/h2-3,5-7,9,11,13,17,19,33,38H,8,10,12H2,1H3,(H2,29,39)/t13-,17-,19+/m1/s1. The second kappa shape index (κ2) is 9.87. The van der Waals surface area contributed by atoms with Crippen LogP contribution in [-0.2, 0) is 6.54 Å². The van der Waals surface area contributed by atoms with Gasteiger partial charge in [0.1, 0.15) is 11.9 Å². The summed E-state index contributed by atoms with van der Waals surface area (Å²) in [6.07, 6.45) is -0.280. The molecule has 0 unspecified atom stereocenters. The fourth-order valence-electron chi connectivity index (χ4n) is 4.45. The Labute approximate surface area is 219 Å². The second-order valence-corrected chi connectivity index (χ2v) is 9.35. The average Bonchev–Trinajstić information content (AvgIpc) is 3.62. The SMILES string of the molecule is C[C@@H]1CN(c2ccc(C#N)cn2)C[C@H]1Nc1c(C(N)=O)cnn2cc(-c3cnn(C[C@H](O)C(F)(F)F)c3)nc12. The van der Waals surface area contributed by atoms with Gasteiger partial charge in [-0.3, -0.25) is 9.48 Å². The number of fused-ring (bicyclic) bond motifs is 1. The van der Waals surface area contributed by atoms with Crippen molar-refractivity contribution in [3.8, 4) is 17.3 Å². The Morgan fingerprint density at radius 3 is 2.72 bits per heavy atom. The largest absolute Gasteiger partial charge is 0.416 e. The van der Waals surface area contributed by atoms with E-state index in [1.807, 2.05) is 13.0 Å². The Balaban J connectivity index is 1.42. The zero-order valence-corrected chi connectivity index (χ0v) is 20.5. The minimum atomic E-state index is -4.77. The molecule has 1 aliphatic rings. The zero-order valence-electron chi connectivity index (χ0n) is 20.5. The summed E-state index contributed by atoms with van der Waals surface area (Å²) in [6.45, 7) is 2.50. The van der Waals surface area contributed by atoms with Crippen LogP contribution in [-0.4, -0.2) is 71.8 Å². The number of aliphatic hydroxyl groups excluding tert-OH is 1. The maximum absolute atomic E-state index is 12.7. The molecule has 1 fully saturated rings. The third-order valence-corrected chi connectivity index (χ3v) is 6.57. The first-order chi connectivity index (χ1) is 18.5. The van der Waals surface area contributed by atoms with Crippen molar-refractivity contribution in [2.45, 2.75) is 31.8 Å². The van der Waals surface area contributed by atoms with Gasteiger partial charge in [-0.1, -0.05) is 6.92 Å². The topological polar surface area (TPSA) is 163 Å². The number of pyridine rings is 1. The Morgan fingerprint density at radius 2 is 2.05 bits per heavy atom. The monoisotopic (exact) mass is 540 g/mol. The van der Waals surface area contributed by atoms with Crippen LogP contribution in [0.4, 0.5) is 24.7 Å². The lowest BCUT2D eigenvalue weighted by Crippen LogP contribution is -2.32. The summed E-state index contributed by atoms with van der Waals surface area (Å²) in [4.78, 5) is 23.3. The van der Waals surface area contributed by atoms with Crippen LogP contribution in [0.2, 0.25) is 0 Å². The minimum Gasteiger partial charge on any atom is -0.382 e. The predicted octanol–water partition coefficient (Wildman–Crippen LogP) is 1.82. The van der Waals surface area contributed by atoms with Crippen molar-refractivity contribution in [3.63, 3.8) is 0 Å². The van der Waals surface area contributed by atoms with Gasteiger partial charge in [0.05, 0.1) is 47.6 Å². The van der Waals surface area contributed by atoms with Crippen molar-refractivity contribution in [2.75, 3.05) is 23.3 Å². The van der Waals surface area contributed by atoms with E-state index in [1.54, 1.807) is 18.3 Å². The second-order valence-electron chi connectivity index (χ2n) is 9.35. The van der Waals surface area contributed by atoms with Gasteiger partial charge in [-0.05, 0) is 18.1 Å². The van der Waals surface area contributed by atoms with Gasteiger partial charge >= 0.3 is 6.18 Å². The first kappa shape index (κ1) is 25.9. The van der Waals surface area contributed by atoms with Gasteiger partial charge in [-0.2, -0.15) is 28.6 Å². The Bertz CT molecular complexity index is 1560. The molecule has 0 spiro atoms. The Morgan fingerprint density at radius 1 is 1.26 bits per heavy atom. The summed E-state index contributed by atoms with van der Waals surface area (Å²) in [7, 11) is 0. The van der Waals surface area contributed by atoms with Gasteiger partial charge in [0.2, 0.25) is 0 Å². The number of nitrogens with two attached hydrogens (primary N) is 1. The number of rotatable bonds is 7. The van der Waals surface area contributed by atoms with E-state index in [2.05, 4.69) is 30.4 Å². The average molecular weight is 541 g/mol. The molecule has 5 heterocycles. The maximum Gasteiger partial charge on any atom is 0.416 e. The molecule has 4 aromatic rings. The summed E-state index contributed by atoms with van der Waals surface area (Å²) in [5, 5.41) is 29.9. The van der Waals surface area contributed by atoms with Gasteiger partial charge < -0.3 is 21.1 Å². The summed E-state index contributed by atoms with van der Waals surface area (Å²) in [5.74, 6) is 0.141. The van der Waals surface area contributed by atoms with Crippen molar-refractivity contribution in [1.82, 2.24) is 29.4 Å². The number of carbonyl (C=O) groups is 1. The number of aliphatic hydroxyl groups is 1. The number of halogens is 3. The smallest absolute Gasteiger partial charge is 0.382 e. The molecule has 0 saturated carbocycles. The summed E-state index contributed by atoms with van der Waals surface area (Å²) < 4.78 is 40.6. The number of aromatic nitrogens is 6. The number of carbonyl (C=O) groups excluding carboxylic acids is 1. The van der Waals surface area contributed by atoms with E-state index in [0.29, 0.717) is 41.2 Å². The molecule has 1 saturated heterocycles. The number of hydrogen-bond donors (Lipinski definition) is 3. The molecule has 1 aliphatic heterocycles. The van der Waals surface area contributed by atoms with Crippen molar-refractivity contribution < 1.29 is 23.1 Å². The molecular weight excluding hydrogens is 517 g/mol. The van der Waals surface area contributed by atoms with Gasteiger partial charge in [-0.25, -0.2) is 14.5 Å². The molecule has 4 aromatic heterocycles. The normalized spacial score (nSPS) is 18.3. The maximum atomic E-state index is 12.7. The van der Waals surface area contributed by atoms with E-state index in [1.165, 1.54) is 29.3 Å². The molecule has 12 nitrogen and oxygen atoms in total. The molecular formula is C24H23F3N10O2. The van der Waals surface area contributed by atoms with E-state index in [-0.39, 0.29) is 17.5 Å².